The second kappa shape index (κ2) is 10.8. The number of ether oxygens (including phenoxy) is 3. The highest BCUT2D eigenvalue weighted by Crippen LogP contribution is 2.32. The van der Waals surface area contributed by atoms with Gasteiger partial charge in [0.05, 0.1) is 23.5 Å². The van der Waals surface area contributed by atoms with Gasteiger partial charge in [0.2, 0.25) is 0 Å². The zero-order valence-electron chi connectivity index (χ0n) is 19.9. The maximum absolute atomic E-state index is 14.9. The van der Waals surface area contributed by atoms with Crippen LogP contribution in [-0.4, -0.2) is 28.6 Å². The Morgan fingerprint density at radius 3 is 2.50 bits per heavy atom. The van der Waals surface area contributed by atoms with E-state index in [-0.39, 0.29) is 12.2 Å². The van der Waals surface area contributed by atoms with Crippen LogP contribution in [0.15, 0.2) is 42.7 Å². The normalized spacial score (nSPS) is 11.3. The molecule has 0 amide bonds. The Balaban J connectivity index is 1.83. The molecule has 0 saturated carbocycles. The zero-order valence-corrected chi connectivity index (χ0v) is 20.7. The van der Waals surface area contributed by atoms with E-state index in [1.54, 1.807) is 26.0 Å². The lowest BCUT2D eigenvalue weighted by molar-refractivity contribution is -0.156. The van der Waals surface area contributed by atoms with Crippen LogP contribution in [0.4, 0.5) is 4.39 Å². The standard InChI is InChI=1S/C26H28ClFN2O4/c1-6-16-8-9-17(22(12-16)34-26(3,4)25(31)32-5)14-33-18-10-11-19(20(28)13-18)24-23(27)21(7-2)29-15-30-24/h8-13,15H,6-7,14H2,1-5H3. The number of esters is 1. The van der Waals surface area contributed by atoms with Crippen LogP contribution >= 0.6 is 11.6 Å². The summed E-state index contributed by atoms with van der Waals surface area (Å²) in [6.07, 6.45) is 2.79. The van der Waals surface area contributed by atoms with Crippen molar-refractivity contribution in [3.63, 3.8) is 0 Å². The molecule has 2 aromatic carbocycles. The van der Waals surface area contributed by atoms with Crippen molar-refractivity contribution in [2.75, 3.05) is 7.11 Å². The molecule has 1 heterocycles. The zero-order chi connectivity index (χ0) is 24.9. The van der Waals surface area contributed by atoms with Gasteiger partial charge in [0.25, 0.3) is 0 Å². The summed E-state index contributed by atoms with van der Waals surface area (Å²) in [5, 5.41) is 0.337. The minimum absolute atomic E-state index is 0.115. The van der Waals surface area contributed by atoms with Crippen molar-refractivity contribution in [1.29, 1.82) is 0 Å². The smallest absolute Gasteiger partial charge is 0.349 e. The number of hydrogen-bond donors (Lipinski definition) is 0. The van der Waals surface area contributed by atoms with Crippen LogP contribution in [0.25, 0.3) is 11.3 Å². The van der Waals surface area contributed by atoms with E-state index in [2.05, 4.69) is 9.97 Å². The van der Waals surface area contributed by atoms with E-state index in [0.717, 1.165) is 12.0 Å². The van der Waals surface area contributed by atoms with Crippen LogP contribution in [0.5, 0.6) is 11.5 Å². The quantitative estimate of drug-likeness (QED) is 0.347. The van der Waals surface area contributed by atoms with Crippen LogP contribution in [0.3, 0.4) is 0 Å². The molecule has 0 bridgehead atoms. The summed E-state index contributed by atoms with van der Waals surface area (Å²) in [7, 11) is 1.32. The van der Waals surface area contributed by atoms with Crippen LogP contribution < -0.4 is 9.47 Å². The molecule has 0 radical (unpaired) electrons. The highest BCUT2D eigenvalue weighted by Gasteiger charge is 2.32. The summed E-state index contributed by atoms with van der Waals surface area (Å²) < 4.78 is 31.6. The molecule has 0 unspecified atom stereocenters. The van der Waals surface area contributed by atoms with Crippen molar-refractivity contribution in [2.45, 2.75) is 52.7 Å². The SMILES string of the molecule is CCc1ccc(COc2ccc(-c3ncnc(CC)c3Cl)c(F)c2)c(OC(C)(C)C(=O)OC)c1. The van der Waals surface area contributed by atoms with Crippen LogP contribution in [0.2, 0.25) is 5.02 Å². The number of nitrogens with zero attached hydrogens (tertiary/aromatic N) is 2. The Bertz CT molecular complexity index is 1180. The number of rotatable bonds is 9. The van der Waals surface area contributed by atoms with Gasteiger partial charge in [0, 0.05) is 17.2 Å². The molecule has 180 valence electrons. The Morgan fingerprint density at radius 2 is 1.85 bits per heavy atom. The molecule has 0 saturated heterocycles. The number of aromatic nitrogens is 2. The summed E-state index contributed by atoms with van der Waals surface area (Å²) in [5.74, 6) is -0.162. The topological polar surface area (TPSA) is 70.5 Å². The molecule has 8 heteroatoms. The first-order valence-corrected chi connectivity index (χ1v) is 11.4. The minimum atomic E-state index is -1.18. The fourth-order valence-corrected chi connectivity index (χ4v) is 3.71. The predicted molar refractivity (Wildman–Crippen MR) is 129 cm³/mol. The number of hydrogen-bond acceptors (Lipinski definition) is 6. The second-order valence-corrected chi connectivity index (χ2v) is 8.54. The molecule has 0 aliphatic heterocycles. The molecular weight excluding hydrogens is 459 g/mol. The van der Waals surface area contributed by atoms with Crippen molar-refractivity contribution < 1.29 is 23.4 Å². The Hall–Kier alpha value is -3.19. The molecule has 34 heavy (non-hydrogen) atoms. The summed E-state index contributed by atoms with van der Waals surface area (Å²) in [5.41, 5.74) is 1.84. The summed E-state index contributed by atoms with van der Waals surface area (Å²) in [4.78, 5) is 20.4. The van der Waals surface area contributed by atoms with Gasteiger partial charge in [0.1, 0.15) is 30.3 Å². The average molecular weight is 487 g/mol. The minimum Gasteiger partial charge on any atom is -0.489 e. The number of benzene rings is 2. The monoisotopic (exact) mass is 486 g/mol. The summed E-state index contributed by atoms with van der Waals surface area (Å²) in [6.45, 7) is 7.33. The lowest BCUT2D eigenvalue weighted by atomic mass is 10.1. The van der Waals surface area contributed by atoms with Gasteiger partial charge in [-0.05, 0) is 50.5 Å². The van der Waals surface area contributed by atoms with Crippen LogP contribution in [0, 0.1) is 5.82 Å². The van der Waals surface area contributed by atoms with Gasteiger partial charge < -0.3 is 14.2 Å². The third kappa shape index (κ3) is 5.65. The van der Waals surface area contributed by atoms with E-state index in [1.165, 1.54) is 19.5 Å². The van der Waals surface area contributed by atoms with E-state index in [1.807, 2.05) is 32.0 Å². The van der Waals surface area contributed by atoms with Gasteiger partial charge in [-0.1, -0.05) is 37.6 Å². The van der Waals surface area contributed by atoms with Gasteiger partial charge in [0.15, 0.2) is 5.60 Å². The first kappa shape index (κ1) is 25.4. The Kier molecular flexibility index (Phi) is 8.10. The molecule has 3 aromatic rings. The Morgan fingerprint density at radius 1 is 1.09 bits per heavy atom. The van der Waals surface area contributed by atoms with Crippen molar-refractivity contribution in [3.05, 3.63) is 70.4 Å². The van der Waals surface area contributed by atoms with Crippen molar-refractivity contribution in [3.8, 4) is 22.8 Å². The average Bonchev–Trinajstić information content (AvgIpc) is 2.83. The maximum atomic E-state index is 14.9. The van der Waals surface area contributed by atoms with E-state index in [4.69, 9.17) is 25.8 Å². The van der Waals surface area contributed by atoms with E-state index in [9.17, 15) is 9.18 Å². The fraction of sp³-hybridized carbons (Fsp3) is 0.346. The molecular formula is C26H28ClFN2O4. The molecule has 0 N–H and O–H groups in total. The highest BCUT2D eigenvalue weighted by molar-refractivity contribution is 6.33. The highest BCUT2D eigenvalue weighted by atomic mass is 35.5. The van der Waals surface area contributed by atoms with Gasteiger partial charge in [-0.2, -0.15) is 0 Å². The van der Waals surface area contributed by atoms with Crippen molar-refractivity contribution in [2.24, 2.45) is 0 Å². The van der Waals surface area contributed by atoms with Crippen LogP contribution in [-0.2, 0) is 29.0 Å². The number of carbonyl (C=O) groups excluding carboxylic acids is 1. The molecule has 1 aromatic heterocycles. The second-order valence-electron chi connectivity index (χ2n) is 8.17. The van der Waals surface area contributed by atoms with Gasteiger partial charge >= 0.3 is 5.97 Å². The fourth-order valence-electron chi connectivity index (χ4n) is 3.37. The van der Waals surface area contributed by atoms with Crippen molar-refractivity contribution >= 4 is 17.6 Å². The molecule has 0 fully saturated rings. The third-order valence-electron chi connectivity index (χ3n) is 5.37. The number of aryl methyl sites for hydroxylation is 2. The number of halogens is 2. The largest absolute Gasteiger partial charge is 0.489 e. The lowest BCUT2D eigenvalue weighted by Crippen LogP contribution is -2.39. The maximum Gasteiger partial charge on any atom is 0.349 e. The van der Waals surface area contributed by atoms with E-state index < -0.39 is 17.4 Å². The van der Waals surface area contributed by atoms with Crippen LogP contribution in [0.1, 0.15) is 44.5 Å². The molecule has 0 aliphatic rings. The molecule has 6 nitrogen and oxygen atoms in total. The Labute approximate surface area is 204 Å². The number of carbonyl (C=O) groups is 1. The van der Waals surface area contributed by atoms with Crippen molar-refractivity contribution in [1.82, 2.24) is 9.97 Å². The van der Waals surface area contributed by atoms with Gasteiger partial charge in [-0.3, -0.25) is 0 Å². The lowest BCUT2D eigenvalue weighted by Gasteiger charge is -2.25. The molecule has 3 rings (SSSR count). The summed E-state index contributed by atoms with van der Waals surface area (Å²) >= 11 is 6.35. The van der Waals surface area contributed by atoms with E-state index >= 15 is 0 Å². The molecule has 0 atom stereocenters. The third-order valence-corrected chi connectivity index (χ3v) is 5.77. The van der Waals surface area contributed by atoms with Gasteiger partial charge in [-0.25, -0.2) is 19.2 Å². The first-order valence-electron chi connectivity index (χ1n) is 11.0. The molecule has 0 aliphatic carbocycles. The van der Waals surface area contributed by atoms with Gasteiger partial charge in [-0.15, -0.1) is 0 Å². The summed E-state index contributed by atoms with van der Waals surface area (Å²) in [6, 6.07) is 10.2. The predicted octanol–water partition coefficient (Wildman–Crippen LogP) is 5.97. The van der Waals surface area contributed by atoms with E-state index in [0.29, 0.717) is 39.9 Å². The first-order chi connectivity index (χ1) is 16.2. The molecule has 0 spiro atoms. The number of methoxy groups -OCH3 is 1.